The number of carbonyl (C=O) groups is 3. The number of carbonyl (C=O) groups excluding carboxylic acids is 3. The van der Waals surface area contributed by atoms with Gasteiger partial charge in [0, 0.05) is 6.04 Å². The van der Waals surface area contributed by atoms with Crippen molar-refractivity contribution in [2.45, 2.75) is 58.2 Å². The summed E-state index contributed by atoms with van der Waals surface area (Å²) in [5.74, 6) is -0.183. The van der Waals surface area contributed by atoms with E-state index in [-0.39, 0.29) is 24.2 Å². The third-order valence-electron chi connectivity index (χ3n) is 6.29. The van der Waals surface area contributed by atoms with Gasteiger partial charge in [-0.05, 0) is 42.9 Å². The quantitative estimate of drug-likeness (QED) is 0.689. The average molecular weight is 423 g/mol. The Kier molecular flexibility index (Phi) is 6.28. The van der Waals surface area contributed by atoms with Crippen molar-refractivity contribution in [3.63, 3.8) is 0 Å². The van der Waals surface area contributed by atoms with E-state index in [1.54, 1.807) is 0 Å². The molecule has 2 N–H and O–H groups in total. The van der Waals surface area contributed by atoms with Crippen LogP contribution < -0.4 is 15.4 Å². The molecular weight excluding hydrogens is 396 g/mol. The van der Waals surface area contributed by atoms with E-state index in [0.717, 1.165) is 24.2 Å². The maximum Gasteiger partial charge on any atom is 0.387 e. The van der Waals surface area contributed by atoms with E-state index < -0.39 is 24.1 Å². The van der Waals surface area contributed by atoms with Crippen molar-refractivity contribution in [3.05, 3.63) is 29.8 Å². The van der Waals surface area contributed by atoms with Gasteiger partial charge in [0.25, 0.3) is 5.91 Å². The molecule has 0 spiro atoms. The zero-order valence-corrected chi connectivity index (χ0v) is 17.3. The number of alkyl halides is 2. The van der Waals surface area contributed by atoms with Gasteiger partial charge in [-0.3, -0.25) is 14.5 Å². The number of amides is 4. The molecule has 1 aliphatic heterocycles. The highest BCUT2D eigenvalue weighted by Crippen LogP contribution is 2.31. The lowest BCUT2D eigenvalue weighted by Gasteiger charge is -2.34. The van der Waals surface area contributed by atoms with Gasteiger partial charge in [0.2, 0.25) is 5.91 Å². The maximum atomic E-state index is 13.0. The summed E-state index contributed by atoms with van der Waals surface area (Å²) in [5, 5.41) is 5.56. The summed E-state index contributed by atoms with van der Waals surface area (Å²) in [7, 11) is 0. The first-order valence-electron chi connectivity index (χ1n) is 10.1. The highest BCUT2D eigenvalue weighted by molar-refractivity contribution is 6.09. The Morgan fingerprint density at radius 3 is 2.57 bits per heavy atom. The predicted octanol–water partition coefficient (Wildman–Crippen LogP) is 3.00. The van der Waals surface area contributed by atoms with Crippen LogP contribution in [0.25, 0.3) is 0 Å². The van der Waals surface area contributed by atoms with Crippen LogP contribution in [0.5, 0.6) is 5.75 Å². The average Bonchev–Trinajstić information content (AvgIpc) is 2.89. The summed E-state index contributed by atoms with van der Waals surface area (Å²) < 4.78 is 28.9. The van der Waals surface area contributed by atoms with E-state index in [4.69, 9.17) is 0 Å². The van der Waals surface area contributed by atoms with Crippen molar-refractivity contribution in [3.8, 4) is 5.75 Å². The second-order valence-electron chi connectivity index (χ2n) is 8.29. The van der Waals surface area contributed by atoms with Crippen molar-refractivity contribution >= 4 is 17.8 Å². The number of halogens is 2. The van der Waals surface area contributed by atoms with Crippen LogP contribution in [0, 0.1) is 11.8 Å². The minimum absolute atomic E-state index is 0.0239. The molecular formula is C21H27F2N3O4. The summed E-state index contributed by atoms with van der Waals surface area (Å²) in [5.41, 5.74) is -0.993. The maximum absolute atomic E-state index is 13.0. The van der Waals surface area contributed by atoms with E-state index in [1.165, 1.54) is 31.2 Å². The fourth-order valence-electron chi connectivity index (χ4n) is 4.19. The smallest absolute Gasteiger partial charge is 0.387 e. The van der Waals surface area contributed by atoms with Crippen LogP contribution in [0.3, 0.4) is 0 Å². The number of ether oxygens (including phenoxy) is 1. The van der Waals surface area contributed by atoms with Gasteiger partial charge in [-0.15, -0.1) is 0 Å². The first-order chi connectivity index (χ1) is 14.1. The van der Waals surface area contributed by atoms with Crippen LogP contribution in [0.15, 0.2) is 24.3 Å². The van der Waals surface area contributed by atoms with Gasteiger partial charge in [-0.1, -0.05) is 38.8 Å². The number of nitrogens with one attached hydrogen (secondary N) is 2. The van der Waals surface area contributed by atoms with Crippen LogP contribution in [-0.2, 0) is 15.1 Å². The molecule has 4 atom stereocenters. The topological polar surface area (TPSA) is 87.7 Å². The molecule has 164 valence electrons. The fourth-order valence-corrected chi connectivity index (χ4v) is 4.19. The minimum Gasteiger partial charge on any atom is -0.435 e. The van der Waals surface area contributed by atoms with Gasteiger partial charge in [-0.25, -0.2) is 4.79 Å². The van der Waals surface area contributed by atoms with Crippen molar-refractivity contribution in [2.75, 3.05) is 6.54 Å². The second kappa shape index (κ2) is 8.57. The summed E-state index contributed by atoms with van der Waals surface area (Å²) in [4.78, 5) is 38.8. The highest BCUT2D eigenvalue weighted by Gasteiger charge is 2.49. The summed E-state index contributed by atoms with van der Waals surface area (Å²) in [6.07, 6.45) is 3.03. The Morgan fingerprint density at radius 2 is 1.93 bits per heavy atom. The standard InChI is InChI=1S/C21H27F2N3O4/c1-12-5-4-6-16(13(12)2)24-17(27)11-26-18(28)21(3,25-20(26)29)14-7-9-15(10-8-14)30-19(22)23/h7-10,12-13,16,19H,4-6,11H2,1-3H3,(H,24,27)(H,25,29)/t12-,13-,16-,21-/m1/s1. The number of rotatable bonds is 6. The SMILES string of the molecule is C[C@@H]1[C@H](C)CCC[C@H]1NC(=O)CN1C(=O)N[C@](C)(c2ccc(OC(F)F)cc2)C1=O. The molecule has 30 heavy (non-hydrogen) atoms. The first kappa shape index (κ1) is 22.0. The van der Waals surface area contributed by atoms with Crippen molar-refractivity contribution in [2.24, 2.45) is 11.8 Å². The molecule has 0 aromatic heterocycles. The van der Waals surface area contributed by atoms with Gasteiger partial charge < -0.3 is 15.4 Å². The molecule has 2 aliphatic rings. The molecule has 2 fully saturated rings. The Balaban J connectivity index is 1.67. The number of hydrogen-bond donors (Lipinski definition) is 2. The molecule has 1 heterocycles. The predicted molar refractivity (Wildman–Crippen MR) is 105 cm³/mol. The number of urea groups is 1. The number of benzene rings is 1. The molecule has 9 heteroatoms. The van der Waals surface area contributed by atoms with Gasteiger partial charge in [0.05, 0.1) is 0 Å². The van der Waals surface area contributed by atoms with E-state index in [0.29, 0.717) is 17.4 Å². The molecule has 1 aromatic carbocycles. The summed E-state index contributed by atoms with van der Waals surface area (Å²) >= 11 is 0. The first-order valence-corrected chi connectivity index (χ1v) is 10.1. The van der Waals surface area contributed by atoms with Gasteiger partial charge in [0.15, 0.2) is 0 Å². The normalized spacial score (nSPS) is 29.1. The van der Waals surface area contributed by atoms with Gasteiger partial charge in [0.1, 0.15) is 17.8 Å². The number of nitrogens with zero attached hydrogens (tertiary/aromatic N) is 1. The van der Waals surface area contributed by atoms with Crippen molar-refractivity contribution in [1.82, 2.24) is 15.5 Å². The van der Waals surface area contributed by atoms with E-state index in [9.17, 15) is 23.2 Å². The lowest BCUT2D eigenvalue weighted by atomic mass is 9.78. The van der Waals surface area contributed by atoms with Crippen LogP contribution in [0.1, 0.15) is 45.6 Å². The monoisotopic (exact) mass is 423 g/mol. The Hall–Kier alpha value is -2.71. The Bertz CT molecular complexity index is 817. The van der Waals surface area contributed by atoms with E-state index in [1.807, 2.05) is 0 Å². The largest absolute Gasteiger partial charge is 0.435 e. The third-order valence-corrected chi connectivity index (χ3v) is 6.29. The molecule has 1 saturated heterocycles. The minimum atomic E-state index is -2.96. The molecule has 1 aliphatic carbocycles. The molecule has 1 saturated carbocycles. The third kappa shape index (κ3) is 4.39. The molecule has 3 rings (SSSR count). The summed E-state index contributed by atoms with van der Waals surface area (Å²) in [6.45, 7) is 2.44. The fraction of sp³-hybridized carbons (Fsp3) is 0.571. The lowest BCUT2D eigenvalue weighted by molar-refractivity contribution is -0.135. The Labute approximate surface area is 174 Å². The van der Waals surface area contributed by atoms with E-state index in [2.05, 4.69) is 29.2 Å². The molecule has 4 amide bonds. The second-order valence-corrected chi connectivity index (χ2v) is 8.29. The van der Waals surface area contributed by atoms with Crippen LogP contribution >= 0.6 is 0 Å². The van der Waals surface area contributed by atoms with Crippen LogP contribution in [0.2, 0.25) is 0 Å². The van der Waals surface area contributed by atoms with Crippen LogP contribution in [-0.4, -0.2) is 41.9 Å². The van der Waals surface area contributed by atoms with Crippen molar-refractivity contribution < 1.29 is 27.9 Å². The molecule has 1 aromatic rings. The van der Waals surface area contributed by atoms with Crippen LogP contribution in [0.4, 0.5) is 13.6 Å². The van der Waals surface area contributed by atoms with Gasteiger partial charge in [-0.2, -0.15) is 8.78 Å². The number of imide groups is 1. The lowest BCUT2D eigenvalue weighted by Crippen LogP contribution is -2.48. The Morgan fingerprint density at radius 1 is 1.27 bits per heavy atom. The number of hydrogen-bond acceptors (Lipinski definition) is 4. The van der Waals surface area contributed by atoms with Crippen molar-refractivity contribution in [1.29, 1.82) is 0 Å². The molecule has 7 nitrogen and oxygen atoms in total. The van der Waals surface area contributed by atoms with Gasteiger partial charge >= 0.3 is 12.6 Å². The molecule has 0 unspecified atom stereocenters. The molecule has 0 bridgehead atoms. The molecule has 0 radical (unpaired) electrons. The zero-order valence-electron chi connectivity index (χ0n) is 17.3. The highest BCUT2D eigenvalue weighted by atomic mass is 19.3. The zero-order chi connectivity index (χ0) is 22.1. The summed E-state index contributed by atoms with van der Waals surface area (Å²) in [6, 6.07) is 4.82. The van der Waals surface area contributed by atoms with E-state index >= 15 is 0 Å².